The Morgan fingerprint density at radius 1 is 1.29 bits per heavy atom. The van der Waals surface area contributed by atoms with E-state index in [0.29, 0.717) is 0 Å². The molecule has 0 bridgehead atoms. The summed E-state index contributed by atoms with van der Waals surface area (Å²) in [5.74, 6) is 1.85. The Morgan fingerprint density at radius 3 is 2.71 bits per heavy atom. The van der Waals surface area contributed by atoms with Gasteiger partial charge in [-0.05, 0) is 43.0 Å². The van der Waals surface area contributed by atoms with Crippen molar-refractivity contribution in [3.63, 3.8) is 0 Å². The fourth-order valence-electron chi connectivity index (χ4n) is 2.62. The van der Waals surface area contributed by atoms with Gasteiger partial charge in [-0.3, -0.25) is 4.90 Å². The van der Waals surface area contributed by atoms with E-state index < -0.39 is 0 Å². The molecule has 1 aromatic carbocycles. The van der Waals surface area contributed by atoms with Crippen LogP contribution in [0.25, 0.3) is 0 Å². The molecule has 0 spiro atoms. The fourth-order valence-corrected chi connectivity index (χ4v) is 2.62. The lowest BCUT2D eigenvalue weighted by Gasteiger charge is -2.32. The summed E-state index contributed by atoms with van der Waals surface area (Å²) < 4.78 is 5.18. The molecule has 1 aromatic rings. The predicted molar refractivity (Wildman–Crippen MR) is 71.3 cm³/mol. The molecule has 1 saturated heterocycles. The molecule has 1 atom stereocenters. The Balaban J connectivity index is 1.90. The molecule has 0 amide bonds. The zero-order chi connectivity index (χ0) is 12.1. The van der Waals surface area contributed by atoms with Crippen molar-refractivity contribution < 1.29 is 4.74 Å². The van der Waals surface area contributed by atoms with E-state index in [1.807, 2.05) is 0 Å². The van der Waals surface area contributed by atoms with E-state index in [1.54, 1.807) is 7.11 Å². The summed E-state index contributed by atoms with van der Waals surface area (Å²) in [7, 11) is 1.71. The third-order valence-corrected chi connectivity index (χ3v) is 3.75. The van der Waals surface area contributed by atoms with Gasteiger partial charge in [-0.15, -0.1) is 0 Å². The van der Waals surface area contributed by atoms with Crippen LogP contribution in [0.4, 0.5) is 0 Å². The molecule has 17 heavy (non-hydrogen) atoms. The third kappa shape index (κ3) is 3.47. The van der Waals surface area contributed by atoms with Gasteiger partial charge in [0.2, 0.25) is 0 Å². The Kier molecular flexibility index (Phi) is 4.43. The number of rotatable bonds is 4. The van der Waals surface area contributed by atoms with Crippen molar-refractivity contribution in [1.82, 2.24) is 4.90 Å². The quantitative estimate of drug-likeness (QED) is 0.791. The van der Waals surface area contributed by atoms with Crippen LogP contribution < -0.4 is 4.74 Å². The van der Waals surface area contributed by atoms with Crippen LogP contribution in [-0.2, 0) is 6.54 Å². The number of likely N-dealkylation sites (tertiary alicyclic amines) is 1. The lowest BCUT2D eigenvalue weighted by molar-refractivity contribution is 0.164. The van der Waals surface area contributed by atoms with E-state index in [-0.39, 0.29) is 0 Å². The van der Waals surface area contributed by atoms with E-state index in [0.717, 1.165) is 18.2 Å². The van der Waals surface area contributed by atoms with E-state index in [2.05, 4.69) is 36.1 Å². The molecule has 1 fully saturated rings. The highest BCUT2D eigenvalue weighted by molar-refractivity contribution is 5.27. The lowest BCUT2D eigenvalue weighted by Crippen LogP contribution is -2.34. The zero-order valence-corrected chi connectivity index (χ0v) is 11.0. The molecule has 0 saturated carbocycles. The molecule has 0 unspecified atom stereocenters. The van der Waals surface area contributed by atoms with Gasteiger partial charge in [0.05, 0.1) is 7.11 Å². The minimum atomic E-state index is 0.905. The van der Waals surface area contributed by atoms with Gasteiger partial charge in [0.1, 0.15) is 5.75 Å². The summed E-state index contributed by atoms with van der Waals surface area (Å²) in [6.07, 6.45) is 4.09. The SMILES string of the molecule is CC[C@@H]1CCCN(Cc2ccc(OC)cc2)C1. The molecule has 0 radical (unpaired) electrons. The average molecular weight is 233 g/mol. The maximum Gasteiger partial charge on any atom is 0.118 e. The molecular formula is C15H23NO. The first kappa shape index (κ1) is 12.4. The Hall–Kier alpha value is -1.02. The fraction of sp³-hybridized carbons (Fsp3) is 0.600. The molecule has 2 nitrogen and oxygen atoms in total. The van der Waals surface area contributed by atoms with Crippen LogP contribution in [0.3, 0.4) is 0 Å². The largest absolute Gasteiger partial charge is 0.497 e. The third-order valence-electron chi connectivity index (χ3n) is 3.75. The molecule has 2 rings (SSSR count). The summed E-state index contributed by atoms with van der Waals surface area (Å²) >= 11 is 0. The summed E-state index contributed by atoms with van der Waals surface area (Å²) in [6.45, 7) is 5.91. The highest BCUT2D eigenvalue weighted by Gasteiger charge is 2.18. The van der Waals surface area contributed by atoms with Gasteiger partial charge < -0.3 is 4.74 Å². The van der Waals surface area contributed by atoms with Crippen molar-refractivity contribution in [3.05, 3.63) is 29.8 Å². The minimum Gasteiger partial charge on any atom is -0.497 e. The molecule has 1 heterocycles. The van der Waals surface area contributed by atoms with Crippen molar-refractivity contribution in [1.29, 1.82) is 0 Å². The van der Waals surface area contributed by atoms with Gasteiger partial charge in [0.25, 0.3) is 0 Å². The topological polar surface area (TPSA) is 12.5 Å². The first-order valence-electron chi connectivity index (χ1n) is 6.67. The normalized spacial score (nSPS) is 21.4. The standard InChI is InChI=1S/C15H23NO/c1-3-13-5-4-10-16(11-13)12-14-6-8-15(17-2)9-7-14/h6-9,13H,3-5,10-12H2,1-2H3/t13-/m1/s1. The van der Waals surface area contributed by atoms with E-state index in [9.17, 15) is 0 Å². The maximum absolute atomic E-state index is 5.18. The molecule has 0 aromatic heterocycles. The van der Waals surface area contributed by atoms with Crippen LogP contribution in [-0.4, -0.2) is 25.1 Å². The second kappa shape index (κ2) is 6.06. The summed E-state index contributed by atoms with van der Waals surface area (Å²) in [4.78, 5) is 2.58. The van der Waals surface area contributed by atoms with Crippen molar-refractivity contribution in [3.8, 4) is 5.75 Å². The molecule has 94 valence electrons. The molecule has 0 N–H and O–H groups in total. The predicted octanol–water partition coefficient (Wildman–Crippen LogP) is 3.32. The summed E-state index contributed by atoms with van der Waals surface area (Å²) in [5.41, 5.74) is 1.39. The summed E-state index contributed by atoms with van der Waals surface area (Å²) in [5, 5.41) is 0. The second-order valence-electron chi connectivity index (χ2n) is 5.00. The van der Waals surface area contributed by atoms with Crippen molar-refractivity contribution in [2.24, 2.45) is 5.92 Å². The van der Waals surface area contributed by atoms with Crippen LogP contribution in [0.5, 0.6) is 5.75 Å². The number of hydrogen-bond donors (Lipinski definition) is 0. The first-order chi connectivity index (χ1) is 8.31. The van der Waals surface area contributed by atoms with Gasteiger partial charge in [-0.2, -0.15) is 0 Å². The zero-order valence-electron chi connectivity index (χ0n) is 11.0. The molecule has 1 aliphatic heterocycles. The number of piperidine rings is 1. The number of benzene rings is 1. The highest BCUT2D eigenvalue weighted by Crippen LogP contribution is 2.21. The molecule has 0 aliphatic carbocycles. The van der Waals surface area contributed by atoms with Gasteiger partial charge in [-0.1, -0.05) is 25.5 Å². The number of nitrogens with zero attached hydrogens (tertiary/aromatic N) is 1. The lowest BCUT2D eigenvalue weighted by atomic mass is 9.95. The highest BCUT2D eigenvalue weighted by atomic mass is 16.5. The minimum absolute atomic E-state index is 0.905. The van der Waals surface area contributed by atoms with Gasteiger partial charge in [0.15, 0.2) is 0 Å². The van der Waals surface area contributed by atoms with Crippen LogP contribution in [0.1, 0.15) is 31.7 Å². The monoisotopic (exact) mass is 233 g/mol. The smallest absolute Gasteiger partial charge is 0.118 e. The maximum atomic E-state index is 5.18. The van der Waals surface area contributed by atoms with Crippen LogP contribution >= 0.6 is 0 Å². The van der Waals surface area contributed by atoms with Gasteiger partial charge >= 0.3 is 0 Å². The summed E-state index contributed by atoms with van der Waals surface area (Å²) in [6, 6.07) is 8.45. The molecular weight excluding hydrogens is 210 g/mol. The first-order valence-corrected chi connectivity index (χ1v) is 6.67. The Morgan fingerprint density at radius 2 is 2.06 bits per heavy atom. The van der Waals surface area contributed by atoms with Crippen LogP contribution in [0.2, 0.25) is 0 Å². The van der Waals surface area contributed by atoms with Crippen LogP contribution in [0, 0.1) is 5.92 Å². The number of hydrogen-bond acceptors (Lipinski definition) is 2. The van der Waals surface area contributed by atoms with Gasteiger partial charge in [-0.25, -0.2) is 0 Å². The second-order valence-corrected chi connectivity index (χ2v) is 5.00. The Bertz CT molecular complexity index is 333. The molecule has 1 aliphatic rings. The van der Waals surface area contributed by atoms with Crippen molar-refractivity contribution in [2.45, 2.75) is 32.7 Å². The average Bonchev–Trinajstić information content (AvgIpc) is 2.40. The van der Waals surface area contributed by atoms with E-state index in [1.165, 1.54) is 37.9 Å². The van der Waals surface area contributed by atoms with Crippen molar-refractivity contribution in [2.75, 3.05) is 20.2 Å². The van der Waals surface area contributed by atoms with E-state index in [4.69, 9.17) is 4.74 Å². The van der Waals surface area contributed by atoms with Crippen LogP contribution in [0.15, 0.2) is 24.3 Å². The number of methoxy groups -OCH3 is 1. The molecule has 2 heteroatoms. The number of ether oxygens (including phenoxy) is 1. The van der Waals surface area contributed by atoms with Crippen molar-refractivity contribution >= 4 is 0 Å². The van der Waals surface area contributed by atoms with Gasteiger partial charge in [0, 0.05) is 13.1 Å². The van der Waals surface area contributed by atoms with E-state index >= 15 is 0 Å². The Labute approximate surface area is 105 Å².